The SMILES string of the molecule is CCC(C)Nc1ncnc2c1ncn2C. The molecule has 5 heteroatoms. The van der Waals surface area contributed by atoms with Crippen LogP contribution in [0.5, 0.6) is 0 Å². The number of anilines is 1. The van der Waals surface area contributed by atoms with Crippen molar-refractivity contribution >= 4 is 17.0 Å². The zero-order chi connectivity index (χ0) is 10.8. The molecule has 0 bridgehead atoms. The Morgan fingerprint density at radius 2 is 2.20 bits per heavy atom. The number of aryl methyl sites for hydroxylation is 1. The molecule has 15 heavy (non-hydrogen) atoms. The molecule has 0 aliphatic rings. The molecule has 2 rings (SSSR count). The molecule has 0 aliphatic heterocycles. The average Bonchev–Trinajstić information content (AvgIpc) is 2.62. The number of fused-ring (bicyclic) bond motifs is 1. The Labute approximate surface area is 88.6 Å². The molecule has 2 heterocycles. The monoisotopic (exact) mass is 205 g/mol. The Morgan fingerprint density at radius 1 is 1.40 bits per heavy atom. The van der Waals surface area contributed by atoms with Gasteiger partial charge in [0.05, 0.1) is 6.33 Å². The summed E-state index contributed by atoms with van der Waals surface area (Å²) in [6.45, 7) is 4.26. The van der Waals surface area contributed by atoms with E-state index in [4.69, 9.17) is 0 Å². The predicted octanol–water partition coefficient (Wildman–Crippen LogP) is 1.57. The van der Waals surface area contributed by atoms with E-state index in [9.17, 15) is 0 Å². The van der Waals surface area contributed by atoms with E-state index in [-0.39, 0.29) is 0 Å². The van der Waals surface area contributed by atoms with Crippen LogP contribution in [0, 0.1) is 0 Å². The summed E-state index contributed by atoms with van der Waals surface area (Å²) < 4.78 is 1.89. The van der Waals surface area contributed by atoms with Gasteiger partial charge in [-0.3, -0.25) is 0 Å². The molecule has 0 radical (unpaired) electrons. The Balaban J connectivity index is 2.43. The zero-order valence-corrected chi connectivity index (χ0v) is 9.23. The van der Waals surface area contributed by atoms with Crippen molar-refractivity contribution in [3.8, 4) is 0 Å². The lowest BCUT2D eigenvalue weighted by atomic mass is 10.2. The van der Waals surface area contributed by atoms with Crippen molar-refractivity contribution in [1.82, 2.24) is 19.5 Å². The Hall–Kier alpha value is -1.65. The fourth-order valence-corrected chi connectivity index (χ4v) is 1.39. The van der Waals surface area contributed by atoms with Crippen LogP contribution in [0.1, 0.15) is 20.3 Å². The first-order valence-corrected chi connectivity index (χ1v) is 5.11. The third-order valence-corrected chi connectivity index (χ3v) is 2.49. The highest BCUT2D eigenvalue weighted by atomic mass is 15.1. The summed E-state index contributed by atoms with van der Waals surface area (Å²) >= 11 is 0. The maximum atomic E-state index is 4.28. The van der Waals surface area contributed by atoms with Crippen LogP contribution in [-0.4, -0.2) is 25.6 Å². The first-order valence-electron chi connectivity index (χ1n) is 5.11. The average molecular weight is 205 g/mol. The van der Waals surface area contributed by atoms with Crippen LogP contribution in [0.3, 0.4) is 0 Å². The van der Waals surface area contributed by atoms with Crippen molar-refractivity contribution in [2.75, 3.05) is 5.32 Å². The standard InChI is InChI=1S/C10H15N5/c1-4-7(2)14-9-8-10(12-5-11-9)15(3)6-13-8/h5-7H,4H2,1-3H3,(H,11,12,14). The van der Waals surface area contributed by atoms with Gasteiger partial charge in [-0.05, 0) is 13.3 Å². The molecule has 0 saturated carbocycles. The van der Waals surface area contributed by atoms with Crippen LogP contribution in [0.25, 0.3) is 11.2 Å². The number of imidazole rings is 1. The molecule has 0 aromatic carbocycles. The Morgan fingerprint density at radius 3 is 2.93 bits per heavy atom. The molecule has 2 aromatic heterocycles. The minimum Gasteiger partial charge on any atom is -0.366 e. The number of nitrogens with zero attached hydrogens (tertiary/aromatic N) is 4. The quantitative estimate of drug-likeness (QED) is 0.826. The highest BCUT2D eigenvalue weighted by Gasteiger charge is 2.09. The van der Waals surface area contributed by atoms with Crippen LogP contribution in [0.2, 0.25) is 0 Å². The first kappa shape index (κ1) is 9.89. The number of rotatable bonds is 3. The molecule has 2 aromatic rings. The van der Waals surface area contributed by atoms with Gasteiger partial charge < -0.3 is 9.88 Å². The maximum absolute atomic E-state index is 4.28. The van der Waals surface area contributed by atoms with Gasteiger partial charge in [0.2, 0.25) is 0 Å². The second-order valence-electron chi connectivity index (χ2n) is 3.70. The lowest BCUT2D eigenvalue weighted by molar-refractivity contribution is 0.759. The number of hydrogen-bond donors (Lipinski definition) is 1. The number of hydrogen-bond acceptors (Lipinski definition) is 4. The van der Waals surface area contributed by atoms with Crippen LogP contribution in [0.15, 0.2) is 12.7 Å². The van der Waals surface area contributed by atoms with Crippen molar-refractivity contribution < 1.29 is 0 Å². The van der Waals surface area contributed by atoms with Gasteiger partial charge in [0.1, 0.15) is 11.8 Å². The molecular formula is C10H15N5. The molecular weight excluding hydrogens is 190 g/mol. The topological polar surface area (TPSA) is 55.6 Å². The first-order chi connectivity index (χ1) is 7.22. The van der Waals surface area contributed by atoms with Crippen molar-refractivity contribution in [2.24, 2.45) is 7.05 Å². The van der Waals surface area contributed by atoms with E-state index in [0.717, 1.165) is 23.4 Å². The molecule has 1 unspecified atom stereocenters. The molecule has 0 aliphatic carbocycles. The van der Waals surface area contributed by atoms with E-state index < -0.39 is 0 Å². The molecule has 0 amide bonds. The molecule has 0 spiro atoms. The van der Waals surface area contributed by atoms with Crippen molar-refractivity contribution in [3.63, 3.8) is 0 Å². The summed E-state index contributed by atoms with van der Waals surface area (Å²) in [4.78, 5) is 12.7. The van der Waals surface area contributed by atoms with E-state index >= 15 is 0 Å². The normalized spacial score (nSPS) is 13.0. The van der Waals surface area contributed by atoms with E-state index in [1.165, 1.54) is 0 Å². The summed E-state index contributed by atoms with van der Waals surface area (Å²) in [5.74, 6) is 0.815. The Kier molecular flexibility index (Phi) is 2.53. The van der Waals surface area contributed by atoms with Crippen LogP contribution >= 0.6 is 0 Å². The van der Waals surface area contributed by atoms with Gasteiger partial charge in [-0.1, -0.05) is 6.92 Å². The smallest absolute Gasteiger partial charge is 0.165 e. The predicted molar refractivity (Wildman–Crippen MR) is 59.7 cm³/mol. The summed E-state index contributed by atoms with van der Waals surface area (Å²) in [6.07, 6.45) is 4.37. The molecule has 0 saturated heterocycles. The van der Waals surface area contributed by atoms with Crippen molar-refractivity contribution in [2.45, 2.75) is 26.3 Å². The number of nitrogens with one attached hydrogen (secondary N) is 1. The van der Waals surface area contributed by atoms with Crippen LogP contribution in [0.4, 0.5) is 5.82 Å². The van der Waals surface area contributed by atoms with Crippen LogP contribution < -0.4 is 5.32 Å². The third kappa shape index (κ3) is 1.77. The summed E-state index contributed by atoms with van der Waals surface area (Å²) in [7, 11) is 1.93. The summed E-state index contributed by atoms with van der Waals surface area (Å²) in [6, 6.07) is 0.394. The van der Waals surface area contributed by atoms with Crippen LogP contribution in [-0.2, 0) is 7.05 Å². The minimum atomic E-state index is 0.394. The van der Waals surface area contributed by atoms with Crippen molar-refractivity contribution in [1.29, 1.82) is 0 Å². The Bertz CT molecular complexity index is 462. The fourth-order valence-electron chi connectivity index (χ4n) is 1.39. The molecule has 0 fully saturated rings. The van der Waals surface area contributed by atoms with Gasteiger partial charge in [-0.25, -0.2) is 15.0 Å². The van der Waals surface area contributed by atoms with Crippen molar-refractivity contribution in [3.05, 3.63) is 12.7 Å². The summed E-state index contributed by atoms with van der Waals surface area (Å²) in [5, 5.41) is 3.32. The second-order valence-corrected chi connectivity index (χ2v) is 3.70. The lowest BCUT2D eigenvalue weighted by Gasteiger charge is -2.11. The van der Waals surface area contributed by atoms with E-state index in [1.54, 1.807) is 12.7 Å². The minimum absolute atomic E-state index is 0.394. The number of aromatic nitrogens is 4. The highest BCUT2D eigenvalue weighted by Crippen LogP contribution is 2.17. The van der Waals surface area contributed by atoms with E-state index in [0.29, 0.717) is 6.04 Å². The zero-order valence-electron chi connectivity index (χ0n) is 9.23. The maximum Gasteiger partial charge on any atom is 0.165 e. The third-order valence-electron chi connectivity index (χ3n) is 2.49. The second kappa shape index (κ2) is 3.84. The summed E-state index contributed by atoms with van der Waals surface area (Å²) in [5.41, 5.74) is 1.69. The molecule has 1 atom stereocenters. The lowest BCUT2D eigenvalue weighted by Crippen LogP contribution is -2.14. The molecule has 1 N–H and O–H groups in total. The van der Waals surface area contributed by atoms with Gasteiger partial charge in [0, 0.05) is 13.1 Å². The van der Waals surface area contributed by atoms with Gasteiger partial charge in [-0.15, -0.1) is 0 Å². The van der Waals surface area contributed by atoms with E-state index in [2.05, 4.69) is 34.1 Å². The van der Waals surface area contributed by atoms with Gasteiger partial charge in [-0.2, -0.15) is 0 Å². The molecule has 80 valence electrons. The van der Waals surface area contributed by atoms with Gasteiger partial charge >= 0.3 is 0 Å². The van der Waals surface area contributed by atoms with Gasteiger partial charge in [0.25, 0.3) is 0 Å². The fraction of sp³-hybridized carbons (Fsp3) is 0.500. The molecule has 5 nitrogen and oxygen atoms in total. The highest BCUT2D eigenvalue weighted by molar-refractivity contribution is 5.82. The largest absolute Gasteiger partial charge is 0.366 e. The van der Waals surface area contributed by atoms with Gasteiger partial charge in [0.15, 0.2) is 11.5 Å². The van der Waals surface area contributed by atoms with E-state index in [1.807, 2.05) is 11.6 Å².